The van der Waals surface area contributed by atoms with Gasteiger partial charge in [-0.3, -0.25) is 0 Å². The first-order chi connectivity index (χ1) is 4.70. The zero-order valence-electron chi connectivity index (χ0n) is 7.35. The lowest BCUT2D eigenvalue weighted by molar-refractivity contribution is 0.486. The molecule has 0 aromatic heterocycles. The highest BCUT2D eigenvalue weighted by molar-refractivity contribution is 4.65. The Balaban J connectivity index is 3.17. The Morgan fingerprint density at radius 3 is 2.30 bits per heavy atom. The van der Waals surface area contributed by atoms with E-state index in [1.165, 1.54) is 6.42 Å². The van der Waals surface area contributed by atoms with E-state index in [0.29, 0.717) is 12.1 Å². The molecule has 0 bridgehead atoms. The van der Waals surface area contributed by atoms with Crippen LogP contribution < -0.4 is 11.1 Å². The molecule has 0 radical (unpaired) electrons. The fourth-order valence-corrected chi connectivity index (χ4v) is 0.641. The molecule has 62 valence electrons. The van der Waals surface area contributed by atoms with Gasteiger partial charge in [-0.05, 0) is 19.8 Å². The minimum Gasteiger partial charge on any atom is -0.327 e. The summed E-state index contributed by atoms with van der Waals surface area (Å²) in [4.78, 5) is 0. The standard InChI is InChI=1S/C8H20N2/c1-4-7(3)10-6-8(9)5-2/h7-8,10H,4-6,9H2,1-3H3/t7?,8-/m1/s1. The highest BCUT2D eigenvalue weighted by Gasteiger charge is 2.00. The summed E-state index contributed by atoms with van der Waals surface area (Å²) in [6.07, 6.45) is 2.24. The van der Waals surface area contributed by atoms with Crippen molar-refractivity contribution < 1.29 is 0 Å². The molecule has 2 heteroatoms. The first-order valence-corrected chi connectivity index (χ1v) is 4.19. The second-order valence-corrected chi connectivity index (χ2v) is 2.89. The zero-order chi connectivity index (χ0) is 7.98. The van der Waals surface area contributed by atoms with Crippen LogP contribution in [0.2, 0.25) is 0 Å². The molecule has 0 aliphatic heterocycles. The molecule has 0 heterocycles. The Bertz CT molecular complexity index is 63.7. The largest absolute Gasteiger partial charge is 0.327 e. The number of nitrogens with one attached hydrogen (secondary N) is 1. The van der Waals surface area contributed by atoms with E-state index in [9.17, 15) is 0 Å². The van der Waals surface area contributed by atoms with Crippen molar-refractivity contribution >= 4 is 0 Å². The van der Waals surface area contributed by atoms with E-state index >= 15 is 0 Å². The minimum atomic E-state index is 0.328. The summed E-state index contributed by atoms with van der Waals surface area (Å²) in [5.74, 6) is 0. The molecule has 2 atom stereocenters. The third kappa shape index (κ3) is 4.77. The maximum Gasteiger partial charge on any atom is 0.0162 e. The van der Waals surface area contributed by atoms with Crippen molar-refractivity contribution in [3.63, 3.8) is 0 Å². The fourth-order valence-electron chi connectivity index (χ4n) is 0.641. The van der Waals surface area contributed by atoms with Crippen LogP contribution in [0.15, 0.2) is 0 Å². The number of hydrogen-bond acceptors (Lipinski definition) is 2. The number of rotatable bonds is 5. The van der Waals surface area contributed by atoms with Crippen molar-refractivity contribution in [1.29, 1.82) is 0 Å². The molecule has 1 unspecified atom stereocenters. The molecule has 0 rings (SSSR count). The van der Waals surface area contributed by atoms with Gasteiger partial charge in [0.1, 0.15) is 0 Å². The molecule has 0 amide bonds. The van der Waals surface area contributed by atoms with Crippen molar-refractivity contribution in [2.45, 2.75) is 45.7 Å². The molecule has 3 N–H and O–H groups in total. The molecule has 0 aliphatic carbocycles. The average Bonchev–Trinajstić information content (AvgIpc) is 1.99. The Morgan fingerprint density at radius 2 is 1.90 bits per heavy atom. The predicted octanol–water partition coefficient (Wildman–Crippen LogP) is 1.11. The monoisotopic (exact) mass is 144 g/mol. The van der Waals surface area contributed by atoms with Crippen LogP contribution in [0.4, 0.5) is 0 Å². The lowest BCUT2D eigenvalue weighted by Crippen LogP contribution is -2.37. The maximum atomic E-state index is 5.71. The van der Waals surface area contributed by atoms with E-state index in [1.54, 1.807) is 0 Å². The van der Waals surface area contributed by atoms with E-state index in [-0.39, 0.29) is 0 Å². The summed E-state index contributed by atoms with van der Waals surface area (Å²) >= 11 is 0. The van der Waals surface area contributed by atoms with E-state index < -0.39 is 0 Å². The Hall–Kier alpha value is -0.0800. The predicted molar refractivity (Wildman–Crippen MR) is 46.0 cm³/mol. The zero-order valence-corrected chi connectivity index (χ0v) is 7.35. The van der Waals surface area contributed by atoms with Crippen LogP contribution in [0.5, 0.6) is 0 Å². The van der Waals surface area contributed by atoms with Gasteiger partial charge < -0.3 is 11.1 Å². The van der Waals surface area contributed by atoms with Crippen LogP contribution in [-0.2, 0) is 0 Å². The first kappa shape index (κ1) is 9.92. The molecule has 2 nitrogen and oxygen atoms in total. The van der Waals surface area contributed by atoms with Crippen LogP contribution in [0.1, 0.15) is 33.6 Å². The SMILES string of the molecule is CCC(C)NC[C@H](N)CC. The number of hydrogen-bond donors (Lipinski definition) is 2. The van der Waals surface area contributed by atoms with Crippen LogP contribution in [0.3, 0.4) is 0 Å². The molecule has 0 saturated carbocycles. The molecular weight excluding hydrogens is 124 g/mol. The van der Waals surface area contributed by atoms with Gasteiger partial charge in [-0.25, -0.2) is 0 Å². The van der Waals surface area contributed by atoms with Gasteiger partial charge in [0.2, 0.25) is 0 Å². The third-order valence-corrected chi connectivity index (χ3v) is 1.87. The fraction of sp³-hybridized carbons (Fsp3) is 1.00. The van der Waals surface area contributed by atoms with Gasteiger partial charge in [0.05, 0.1) is 0 Å². The third-order valence-electron chi connectivity index (χ3n) is 1.87. The maximum absolute atomic E-state index is 5.71. The van der Waals surface area contributed by atoms with E-state index in [0.717, 1.165) is 13.0 Å². The molecule has 0 aromatic rings. The Kier molecular flexibility index (Phi) is 5.64. The van der Waals surface area contributed by atoms with Crippen molar-refractivity contribution in [1.82, 2.24) is 5.32 Å². The van der Waals surface area contributed by atoms with Crippen molar-refractivity contribution in [3.8, 4) is 0 Å². The quantitative estimate of drug-likeness (QED) is 0.606. The number of nitrogens with two attached hydrogens (primary N) is 1. The Morgan fingerprint density at radius 1 is 1.30 bits per heavy atom. The summed E-state index contributed by atoms with van der Waals surface area (Å²) in [6, 6.07) is 0.937. The summed E-state index contributed by atoms with van der Waals surface area (Å²) in [7, 11) is 0. The van der Waals surface area contributed by atoms with Crippen LogP contribution in [0.25, 0.3) is 0 Å². The minimum absolute atomic E-state index is 0.328. The molecular formula is C8H20N2. The molecule has 10 heavy (non-hydrogen) atoms. The van der Waals surface area contributed by atoms with Crippen molar-refractivity contribution in [3.05, 3.63) is 0 Å². The van der Waals surface area contributed by atoms with Gasteiger partial charge in [-0.2, -0.15) is 0 Å². The van der Waals surface area contributed by atoms with Gasteiger partial charge in [-0.1, -0.05) is 13.8 Å². The molecule has 0 fully saturated rings. The second-order valence-electron chi connectivity index (χ2n) is 2.89. The second kappa shape index (κ2) is 5.69. The topological polar surface area (TPSA) is 38.0 Å². The van der Waals surface area contributed by atoms with Gasteiger partial charge in [0, 0.05) is 18.6 Å². The molecule has 0 spiro atoms. The lowest BCUT2D eigenvalue weighted by atomic mass is 10.2. The molecule has 0 aromatic carbocycles. The Labute approximate surface area is 64.2 Å². The van der Waals surface area contributed by atoms with Crippen LogP contribution >= 0.6 is 0 Å². The van der Waals surface area contributed by atoms with Crippen molar-refractivity contribution in [2.75, 3.05) is 6.54 Å². The molecule has 0 saturated heterocycles. The summed E-state index contributed by atoms with van der Waals surface area (Å²) in [5, 5.41) is 3.36. The average molecular weight is 144 g/mol. The van der Waals surface area contributed by atoms with E-state index in [2.05, 4.69) is 26.1 Å². The highest BCUT2D eigenvalue weighted by atomic mass is 14.9. The summed E-state index contributed by atoms with van der Waals surface area (Å²) in [5.41, 5.74) is 5.71. The summed E-state index contributed by atoms with van der Waals surface area (Å²) in [6.45, 7) is 7.42. The van der Waals surface area contributed by atoms with Crippen LogP contribution in [0, 0.1) is 0 Å². The smallest absolute Gasteiger partial charge is 0.0162 e. The van der Waals surface area contributed by atoms with Gasteiger partial charge in [-0.15, -0.1) is 0 Å². The highest BCUT2D eigenvalue weighted by Crippen LogP contribution is 1.89. The van der Waals surface area contributed by atoms with Gasteiger partial charge in [0.25, 0.3) is 0 Å². The normalized spacial score (nSPS) is 16.8. The van der Waals surface area contributed by atoms with E-state index in [4.69, 9.17) is 5.73 Å². The first-order valence-electron chi connectivity index (χ1n) is 4.19. The van der Waals surface area contributed by atoms with Gasteiger partial charge >= 0.3 is 0 Å². The molecule has 0 aliphatic rings. The summed E-state index contributed by atoms with van der Waals surface area (Å²) < 4.78 is 0. The van der Waals surface area contributed by atoms with Crippen molar-refractivity contribution in [2.24, 2.45) is 5.73 Å². The van der Waals surface area contributed by atoms with E-state index in [1.807, 2.05) is 0 Å². The van der Waals surface area contributed by atoms with Gasteiger partial charge in [0.15, 0.2) is 0 Å². The lowest BCUT2D eigenvalue weighted by Gasteiger charge is -2.14. The van der Waals surface area contributed by atoms with Crippen LogP contribution in [-0.4, -0.2) is 18.6 Å².